The predicted molar refractivity (Wildman–Crippen MR) is 76.2 cm³/mol. The average molecular weight is 326 g/mol. The van der Waals surface area contributed by atoms with E-state index in [1.165, 1.54) is 6.07 Å². The SMILES string of the molecule is CC1CCCC1C(=O)Nc1c(Br)cccc1C(=O)O. The highest BCUT2D eigenvalue weighted by molar-refractivity contribution is 9.10. The number of carbonyl (C=O) groups excluding carboxylic acids is 1. The number of benzene rings is 1. The molecular formula is C14H16BrNO3. The molecule has 1 aliphatic carbocycles. The van der Waals surface area contributed by atoms with Gasteiger partial charge in [-0.05, 0) is 46.8 Å². The van der Waals surface area contributed by atoms with E-state index in [1.807, 2.05) is 0 Å². The van der Waals surface area contributed by atoms with Crippen molar-refractivity contribution in [3.8, 4) is 0 Å². The Labute approximate surface area is 120 Å². The van der Waals surface area contributed by atoms with Crippen molar-refractivity contribution in [2.45, 2.75) is 26.2 Å². The Morgan fingerprint density at radius 3 is 2.68 bits per heavy atom. The van der Waals surface area contributed by atoms with Crippen molar-refractivity contribution < 1.29 is 14.7 Å². The third-order valence-electron chi connectivity index (χ3n) is 3.69. The highest BCUT2D eigenvalue weighted by atomic mass is 79.9. The van der Waals surface area contributed by atoms with Gasteiger partial charge >= 0.3 is 5.97 Å². The number of nitrogens with one attached hydrogen (secondary N) is 1. The lowest BCUT2D eigenvalue weighted by molar-refractivity contribution is -0.120. The number of anilines is 1. The summed E-state index contributed by atoms with van der Waals surface area (Å²) in [7, 11) is 0. The largest absolute Gasteiger partial charge is 0.478 e. The Morgan fingerprint density at radius 2 is 2.11 bits per heavy atom. The molecule has 1 saturated carbocycles. The van der Waals surface area contributed by atoms with Gasteiger partial charge in [0.1, 0.15) is 0 Å². The van der Waals surface area contributed by atoms with Crippen LogP contribution in [-0.2, 0) is 4.79 Å². The third-order valence-corrected chi connectivity index (χ3v) is 4.35. The lowest BCUT2D eigenvalue weighted by atomic mass is 9.97. The summed E-state index contributed by atoms with van der Waals surface area (Å²) in [6.45, 7) is 2.06. The molecule has 1 aliphatic rings. The molecule has 1 amide bonds. The quantitative estimate of drug-likeness (QED) is 0.893. The zero-order valence-corrected chi connectivity index (χ0v) is 12.2. The first kappa shape index (κ1) is 14.1. The van der Waals surface area contributed by atoms with E-state index in [0.717, 1.165) is 19.3 Å². The van der Waals surface area contributed by atoms with Crippen LogP contribution in [0.2, 0.25) is 0 Å². The normalized spacial score (nSPS) is 22.2. The van der Waals surface area contributed by atoms with E-state index in [-0.39, 0.29) is 17.4 Å². The molecule has 0 spiro atoms. The minimum Gasteiger partial charge on any atom is -0.478 e. The molecule has 0 aliphatic heterocycles. The molecule has 102 valence electrons. The molecule has 2 N–H and O–H groups in total. The fourth-order valence-electron chi connectivity index (χ4n) is 2.58. The second-order valence-electron chi connectivity index (χ2n) is 4.97. The lowest BCUT2D eigenvalue weighted by Gasteiger charge is -2.17. The van der Waals surface area contributed by atoms with Gasteiger partial charge in [0.2, 0.25) is 5.91 Å². The Bertz CT molecular complexity index is 515. The first-order chi connectivity index (χ1) is 9.00. The van der Waals surface area contributed by atoms with E-state index in [0.29, 0.717) is 16.1 Å². The van der Waals surface area contributed by atoms with Gasteiger partial charge in [0.25, 0.3) is 0 Å². The molecule has 4 nitrogen and oxygen atoms in total. The summed E-state index contributed by atoms with van der Waals surface area (Å²) >= 11 is 3.29. The number of carboxylic acids is 1. The number of carbonyl (C=O) groups is 2. The summed E-state index contributed by atoms with van der Waals surface area (Å²) < 4.78 is 0.589. The zero-order valence-electron chi connectivity index (χ0n) is 10.6. The summed E-state index contributed by atoms with van der Waals surface area (Å²) in [6.07, 6.45) is 2.99. The third kappa shape index (κ3) is 2.97. The van der Waals surface area contributed by atoms with Crippen LogP contribution in [-0.4, -0.2) is 17.0 Å². The predicted octanol–water partition coefficient (Wildman–Crippen LogP) is 3.52. The van der Waals surface area contributed by atoms with Crippen molar-refractivity contribution >= 4 is 33.5 Å². The van der Waals surface area contributed by atoms with Gasteiger partial charge in [0.15, 0.2) is 0 Å². The van der Waals surface area contributed by atoms with E-state index >= 15 is 0 Å². The summed E-state index contributed by atoms with van der Waals surface area (Å²) in [5.74, 6) is -0.792. The van der Waals surface area contributed by atoms with Crippen LogP contribution >= 0.6 is 15.9 Å². The molecule has 0 bridgehead atoms. The summed E-state index contributed by atoms with van der Waals surface area (Å²) in [5, 5.41) is 11.9. The van der Waals surface area contributed by atoms with Crippen molar-refractivity contribution in [3.05, 3.63) is 28.2 Å². The van der Waals surface area contributed by atoms with Crippen LogP contribution in [0.25, 0.3) is 0 Å². The van der Waals surface area contributed by atoms with Crippen molar-refractivity contribution in [1.82, 2.24) is 0 Å². The summed E-state index contributed by atoms with van der Waals surface area (Å²) in [6, 6.07) is 4.85. The number of para-hydroxylation sites is 1. The maximum Gasteiger partial charge on any atom is 0.337 e. The number of amides is 1. The monoisotopic (exact) mass is 325 g/mol. The molecule has 0 radical (unpaired) electrons. The van der Waals surface area contributed by atoms with Gasteiger partial charge in [-0.3, -0.25) is 4.79 Å². The van der Waals surface area contributed by atoms with Gasteiger partial charge in [-0.15, -0.1) is 0 Å². The average Bonchev–Trinajstić information content (AvgIpc) is 2.77. The number of rotatable bonds is 3. The van der Waals surface area contributed by atoms with Crippen LogP contribution in [0, 0.1) is 11.8 Å². The Morgan fingerprint density at radius 1 is 1.37 bits per heavy atom. The van der Waals surface area contributed by atoms with E-state index in [1.54, 1.807) is 12.1 Å². The molecular weight excluding hydrogens is 310 g/mol. The van der Waals surface area contributed by atoms with Crippen LogP contribution in [0.5, 0.6) is 0 Å². The number of hydrogen-bond acceptors (Lipinski definition) is 2. The maximum absolute atomic E-state index is 12.2. The first-order valence-electron chi connectivity index (χ1n) is 6.33. The molecule has 1 aromatic rings. The Balaban J connectivity index is 2.23. The number of aromatic carboxylic acids is 1. The van der Waals surface area contributed by atoms with Crippen LogP contribution < -0.4 is 5.32 Å². The zero-order chi connectivity index (χ0) is 14.0. The summed E-state index contributed by atoms with van der Waals surface area (Å²) in [5.41, 5.74) is 0.451. The van der Waals surface area contributed by atoms with Gasteiger partial charge in [-0.25, -0.2) is 4.79 Å². The van der Waals surface area contributed by atoms with Crippen LogP contribution in [0.4, 0.5) is 5.69 Å². The van der Waals surface area contributed by atoms with E-state index in [9.17, 15) is 9.59 Å². The highest BCUT2D eigenvalue weighted by Crippen LogP contribution is 2.33. The molecule has 5 heteroatoms. The molecule has 0 saturated heterocycles. The Hall–Kier alpha value is -1.36. The van der Waals surface area contributed by atoms with Gasteiger partial charge in [-0.2, -0.15) is 0 Å². The molecule has 1 aromatic carbocycles. The molecule has 2 unspecified atom stereocenters. The van der Waals surface area contributed by atoms with Crippen LogP contribution in [0.15, 0.2) is 22.7 Å². The smallest absolute Gasteiger partial charge is 0.337 e. The first-order valence-corrected chi connectivity index (χ1v) is 7.12. The highest BCUT2D eigenvalue weighted by Gasteiger charge is 2.30. The molecule has 0 heterocycles. The lowest BCUT2D eigenvalue weighted by Crippen LogP contribution is -2.25. The number of hydrogen-bond donors (Lipinski definition) is 2. The van der Waals surface area contributed by atoms with E-state index < -0.39 is 5.97 Å². The minimum absolute atomic E-state index is 0.0197. The minimum atomic E-state index is -1.05. The van der Waals surface area contributed by atoms with Gasteiger partial charge in [-0.1, -0.05) is 19.4 Å². The molecule has 0 aromatic heterocycles. The number of halogens is 1. The molecule has 19 heavy (non-hydrogen) atoms. The fraction of sp³-hybridized carbons (Fsp3) is 0.429. The molecule has 2 atom stereocenters. The maximum atomic E-state index is 12.2. The number of carboxylic acid groups (broad SMARTS) is 1. The topological polar surface area (TPSA) is 66.4 Å². The second-order valence-corrected chi connectivity index (χ2v) is 5.83. The van der Waals surface area contributed by atoms with Gasteiger partial charge in [0.05, 0.1) is 11.3 Å². The van der Waals surface area contributed by atoms with E-state index in [4.69, 9.17) is 5.11 Å². The standard InChI is InChI=1S/C14H16BrNO3/c1-8-4-2-5-9(8)13(17)16-12-10(14(18)19)6-3-7-11(12)15/h3,6-9H,2,4-5H2,1H3,(H,16,17)(H,18,19). The van der Waals surface area contributed by atoms with Gasteiger partial charge in [0, 0.05) is 10.4 Å². The van der Waals surface area contributed by atoms with Crippen molar-refractivity contribution in [2.75, 3.05) is 5.32 Å². The Kier molecular flexibility index (Phi) is 4.24. The molecule has 2 rings (SSSR count). The van der Waals surface area contributed by atoms with Crippen molar-refractivity contribution in [3.63, 3.8) is 0 Å². The second kappa shape index (κ2) is 5.74. The van der Waals surface area contributed by atoms with Crippen LogP contribution in [0.3, 0.4) is 0 Å². The van der Waals surface area contributed by atoms with Gasteiger partial charge < -0.3 is 10.4 Å². The van der Waals surface area contributed by atoms with Crippen molar-refractivity contribution in [1.29, 1.82) is 0 Å². The molecule has 1 fully saturated rings. The van der Waals surface area contributed by atoms with Crippen LogP contribution in [0.1, 0.15) is 36.5 Å². The fourth-order valence-corrected chi connectivity index (χ4v) is 3.05. The van der Waals surface area contributed by atoms with E-state index in [2.05, 4.69) is 28.2 Å². The summed E-state index contributed by atoms with van der Waals surface area (Å²) in [4.78, 5) is 23.4. The van der Waals surface area contributed by atoms with Crippen molar-refractivity contribution in [2.24, 2.45) is 11.8 Å².